The van der Waals surface area contributed by atoms with E-state index in [9.17, 15) is 23.1 Å². The third-order valence-corrected chi connectivity index (χ3v) is 5.01. The lowest BCUT2D eigenvalue weighted by atomic mass is 9.83. The van der Waals surface area contributed by atoms with Crippen molar-refractivity contribution in [3.63, 3.8) is 0 Å². The molecule has 10 heteroatoms. The van der Waals surface area contributed by atoms with E-state index < -0.39 is 40.3 Å². The second kappa shape index (κ2) is 5.59. The van der Waals surface area contributed by atoms with E-state index in [0.717, 1.165) is 0 Å². The number of aliphatic carboxylic acids is 1. The number of hydrogen-bond donors (Lipinski definition) is 2. The van der Waals surface area contributed by atoms with E-state index in [-0.39, 0.29) is 5.70 Å². The first kappa shape index (κ1) is 16.3. The van der Waals surface area contributed by atoms with E-state index in [1.807, 2.05) is 6.92 Å². The molecule has 21 heavy (non-hydrogen) atoms. The fraction of sp³-hybridized carbons (Fsp3) is 0.636. The van der Waals surface area contributed by atoms with Gasteiger partial charge >= 0.3 is 16.4 Å². The molecule has 1 saturated heterocycles. The number of carbonyl (C=O) groups excluding carboxylic acids is 1. The zero-order valence-electron chi connectivity index (χ0n) is 11.3. The van der Waals surface area contributed by atoms with Crippen molar-refractivity contribution >= 4 is 34.0 Å². The van der Waals surface area contributed by atoms with Crippen molar-refractivity contribution in [1.29, 1.82) is 0 Å². The highest BCUT2D eigenvalue weighted by atomic mass is 32.3. The molecule has 0 bridgehead atoms. The minimum absolute atomic E-state index is 0.0350. The van der Waals surface area contributed by atoms with Gasteiger partial charge in [0.1, 0.15) is 5.70 Å². The van der Waals surface area contributed by atoms with E-state index in [1.54, 1.807) is 0 Å². The van der Waals surface area contributed by atoms with Crippen LogP contribution in [-0.4, -0.2) is 52.8 Å². The number of thioether (sulfide) groups is 1. The highest BCUT2D eigenvalue weighted by Gasteiger charge is 2.57. The molecule has 2 rings (SSSR count). The predicted molar refractivity (Wildman–Crippen MR) is 73.6 cm³/mol. The largest absolute Gasteiger partial charge is 0.477 e. The first-order chi connectivity index (χ1) is 9.67. The monoisotopic (exact) mass is 337 g/mol. The predicted octanol–water partition coefficient (Wildman–Crippen LogP) is 0.474. The Bertz CT molecular complexity index is 612. The average molecular weight is 337 g/mol. The molecule has 0 aliphatic carbocycles. The summed E-state index contributed by atoms with van der Waals surface area (Å²) in [4.78, 5) is 25.2. The third kappa shape index (κ3) is 2.93. The molecule has 1 fully saturated rings. The zero-order chi connectivity index (χ0) is 15.9. The number of amides is 1. The highest BCUT2D eigenvalue weighted by Crippen LogP contribution is 2.47. The summed E-state index contributed by atoms with van der Waals surface area (Å²) in [5, 5.41) is 9.23. The van der Waals surface area contributed by atoms with Crippen LogP contribution >= 0.6 is 11.8 Å². The number of carboxylic acids is 1. The molecular weight excluding hydrogens is 322 g/mol. The van der Waals surface area contributed by atoms with Crippen molar-refractivity contribution in [2.75, 3.05) is 5.75 Å². The van der Waals surface area contributed by atoms with Gasteiger partial charge in [0.25, 0.3) is 0 Å². The molecule has 0 spiro atoms. The van der Waals surface area contributed by atoms with Gasteiger partial charge in [-0.1, -0.05) is 6.92 Å². The van der Waals surface area contributed by atoms with Crippen LogP contribution in [0, 0.1) is 5.92 Å². The summed E-state index contributed by atoms with van der Waals surface area (Å²) < 4.78 is 34.5. The summed E-state index contributed by atoms with van der Waals surface area (Å²) in [6.45, 7) is 3.23. The molecule has 0 aromatic carbocycles. The van der Waals surface area contributed by atoms with Crippen LogP contribution in [0.5, 0.6) is 0 Å². The molecule has 0 aromatic rings. The van der Waals surface area contributed by atoms with Crippen molar-refractivity contribution in [2.24, 2.45) is 5.92 Å². The number of fused-ring (bicyclic) bond motifs is 1. The molecule has 8 nitrogen and oxygen atoms in total. The van der Waals surface area contributed by atoms with Crippen LogP contribution in [0.25, 0.3) is 0 Å². The van der Waals surface area contributed by atoms with Crippen LogP contribution < -0.4 is 0 Å². The van der Waals surface area contributed by atoms with Gasteiger partial charge in [-0.15, -0.1) is 11.8 Å². The van der Waals surface area contributed by atoms with Crippen LogP contribution in [0.1, 0.15) is 20.3 Å². The number of hydrogen-bond acceptors (Lipinski definition) is 6. The van der Waals surface area contributed by atoms with E-state index >= 15 is 0 Å². The lowest BCUT2D eigenvalue weighted by Gasteiger charge is -2.45. The number of nitrogens with zero attached hydrogens (tertiary/aromatic N) is 1. The fourth-order valence-corrected chi connectivity index (χ4v) is 4.23. The van der Waals surface area contributed by atoms with Gasteiger partial charge in [0.15, 0.2) is 0 Å². The van der Waals surface area contributed by atoms with Crippen LogP contribution in [-0.2, 0) is 24.2 Å². The number of carboxylic acid groups (broad SMARTS) is 1. The summed E-state index contributed by atoms with van der Waals surface area (Å²) in [6, 6.07) is -0.436. The maximum atomic E-state index is 12.1. The molecule has 2 N–H and O–H groups in total. The molecule has 0 aromatic heterocycles. The third-order valence-electron chi connectivity index (χ3n) is 3.47. The van der Waals surface area contributed by atoms with Gasteiger partial charge in [-0.2, -0.15) is 8.42 Å². The number of carbonyl (C=O) groups is 2. The Labute approximate surface area is 126 Å². The van der Waals surface area contributed by atoms with E-state index in [0.29, 0.717) is 17.1 Å². The standard InChI is InChI=1S/C11H15NO7S2/c1-3-20-7-4-6-8(5(2)19-21(16,17)18)10(13)12(6)9(7)11(14)15/h5-6,8H,3-4H2,1-2H3,(H,14,15)(H,16,17,18)/t5-,6+,8-/m0/s1. The molecule has 1 amide bonds. The molecule has 2 heterocycles. The van der Waals surface area contributed by atoms with Crippen molar-refractivity contribution < 1.29 is 31.8 Å². The molecule has 2 aliphatic heterocycles. The molecule has 0 unspecified atom stereocenters. The van der Waals surface area contributed by atoms with Gasteiger partial charge in [-0.25, -0.2) is 8.98 Å². The number of rotatable bonds is 6. The van der Waals surface area contributed by atoms with Gasteiger partial charge in [-0.3, -0.25) is 9.35 Å². The van der Waals surface area contributed by atoms with Crippen molar-refractivity contribution in [3.8, 4) is 0 Å². The van der Waals surface area contributed by atoms with Crippen LogP contribution in [0.3, 0.4) is 0 Å². The van der Waals surface area contributed by atoms with Crippen LogP contribution in [0.15, 0.2) is 10.6 Å². The quantitative estimate of drug-likeness (QED) is 0.530. The van der Waals surface area contributed by atoms with E-state index in [2.05, 4.69) is 4.18 Å². The molecule has 118 valence electrons. The Morgan fingerprint density at radius 3 is 2.67 bits per heavy atom. The molecule has 0 radical (unpaired) electrons. The summed E-state index contributed by atoms with van der Waals surface area (Å²) in [7, 11) is -4.66. The van der Waals surface area contributed by atoms with Crippen molar-refractivity contribution in [1.82, 2.24) is 4.90 Å². The summed E-state index contributed by atoms with van der Waals surface area (Å²) in [5.41, 5.74) is -0.0350. The molecular formula is C11H15NO7S2. The van der Waals surface area contributed by atoms with Gasteiger partial charge in [0, 0.05) is 11.3 Å². The van der Waals surface area contributed by atoms with Crippen LogP contribution in [0.2, 0.25) is 0 Å². The van der Waals surface area contributed by atoms with Gasteiger partial charge < -0.3 is 10.0 Å². The number of β-lactam (4-membered cyclic amide) rings is 1. The minimum atomic E-state index is -4.66. The second-order valence-electron chi connectivity index (χ2n) is 4.74. The Balaban J connectivity index is 2.20. The normalized spacial score (nSPS) is 26.6. The fourth-order valence-electron chi connectivity index (χ4n) is 2.77. The first-order valence-electron chi connectivity index (χ1n) is 6.25. The first-order valence-corrected chi connectivity index (χ1v) is 8.60. The second-order valence-corrected chi connectivity index (χ2v) is 7.15. The Morgan fingerprint density at radius 2 is 2.19 bits per heavy atom. The summed E-state index contributed by atoms with van der Waals surface area (Å²) in [5.74, 6) is -1.79. The smallest absolute Gasteiger partial charge is 0.397 e. The van der Waals surface area contributed by atoms with Crippen LogP contribution in [0.4, 0.5) is 0 Å². The Hall–Kier alpha value is -1.10. The van der Waals surface area contributed by atoms with Crippen molar-refractivity contribution in [2.45, 2.75) is 32.4 Å². The average Bonchev–Trinajstić information content (AvgIpc) is 2.62. The van der Waals surface area contributed by atoms with E-state index in [4.69, 9.17) is 4.55 Å². The molecule has 3 atom stereocenters. The Kier molecular flexibility index (Phi) is 4.34. The van der Waals surface area contributed by atoms with E-state index in [1.165, 1.54) is 23.6 Å². The maximum absolute atomic E-state index is 12.1. The summed E-state index contributed by atoms with van der Waals surface area (Å²) in [6.07, 6.45) is -0.690. The lowest BCUT2D eigenvalue weighted by molar-refractivity contribution is -0.160. The summed E-state index contributed by atoms with van der Waals surface area (Å²) >= 11 is 1.35. The minimum Gasteiger partial charge on any atom is -0.477 e. The topological polar surface area (TPSA) is 121 Å². The van der Waals surface area contributed by atoms with Gasteiger partial charge in [0.2, 0.25) is 5.91 Å². The highest BCUT2D eigenvalue weighted by molar-refractivity contribution is 8.03. The molecule has 2 aliphatic rings. The maximum Gasteiger partial charge on any atom is 0.397 e. The zero-order valence-corrected chi connectivity index (χ0v) is 13.0. The Morgan fingerprint density at radius 1 is 1.57 bits per heavy atom. The van der Waals surface area contributed by atoms with Gasteiger partial charge in [-0.05, 0) is 12.7 Å². The lowest BCUT2D eigenvalue weighted by Crippen LogP contribution is -2.62. The molecule has 0 saturated carbocycles. The SMILES string of the molecule is CCSC1=C(C(=O)O)N2C(=O)[C@@H]([C@H](C)OS(=O)(=O)O)[C@H]2C1. The van der Waals surface area contributed by atoms with Gasteiger partial charge in [0.05, 0.1) is 18.1 Å². The van der Waals surface area contributed by atoms with Crippen molar-refractivity contribution in [3.05, 3.63) is 10.6 Å².